The van der Waals surface area contributed by atoms with Gasteiger partial charge in [-0.15, -0.1) is 0 Å². The quantitative estimate of drug-likeness (QED) is 0.452. The highest BCUT2D eigenvalue weighted by molar-refractivity contribution is 9.39. The van der Waals surface area contributed by atoms with Gasteiger partial charge in [0.15, 0.2) is 0 Å². The van der Waals surface area contributed by atoms with Gasteiger partial charge in [0.25, 0.3) is 0 Å². The Balaban J connectivity index is 3.02. The first-order chi connectivity index (χ1) is 8.09. The van der Waals surface area contributed by atoms with Crippen molar-refractivity contribution >= 4 is 95.6 Å². The Hall–Kier alpha value is 1.69. The van der Waals surface area contributed by atoms with E-state index in [2.05, 4.69) is 111 Å². The van der Waals surface area contributed by atoms with Crippen molar-refractivity contribution in [2.75, 3.05) is 7.11 Å². The lowest BCUT2D eigenvalue weighted by atomic mass is 10.4. The molecule has 0 aromatic carbocycles. The first-order valence-corrected chi connectivity index (χ1v) is 9.26. The summed E-state index contributed by atoms with van der Waals surface area (Å²) in [6.07, 6.45) is 1.05. The molecule has 0 amide bonds. The van der Waals surface area contributed by atoms with Gasteiger partial charge < -0.3 is 4.74 Å². The van der Waals surface area contributed by atoms with E-state index in [9.17, 15) is 0 Å². The Morgan fingerprint density at radius 3 is 1.50 bits per heavy atom. The van der Waals surface area contributed by atoms with E-state index in [0.29, 0.717) is 30.5 Å². The van der Waals surface area contributed by atoms with Crippen molar-refractivity contribution in [1.29, 1.82) is 0 Å². The van der Waals surface area contributed by atoms with Gasteiger partial charge in [-0.3, -0.25) is 0 Å². The zero-order valence-corrected chi connectivity index (χ0v) is 18.4. The van der Waals surface area contributed by atoms with Crippen molar-refractivity contribution in [2.24, 2.45) is 0 Å². The van der Waals surface area contributed by atoms with Crippen molar-refractivity contribution < 1.29 is 4.74 Å². The maximum atomic E-state index is 5.07. The Labute approximate surface area is 155 Å². The van der Waals surface area contributed by atoms with E-state index >= 15 is 0 Å². The molecule has 0 N–H and O–H groups in total. The monoisotopic (exact) mass is 635 g/mol. The van der Waals surface area contributed by atoms with E-state index in [-0.39, 0.29) is 0 Å². The lowest BCUT2D eigenvalue weighted by Gasteiger charge is -2.14. The maximum Gasteiger partial charge on any atom is 0.319 e. The van der Waals surface area contributed by atoms with Crippen LogP contribution >= 0.6 is 95.6 Å². The number of ether oxygens (including phenoxy) is 1. The van der Waals surface area contributed by atoms with Gasteiger partial charge in [-0.05, 0) is 0 Å². The van der Waals surface area contributed by atoms with Crippen LogP contribution in [0.4, 0.5) is 0 Å². The first-order valence-electron chi connectivity index (χ1n) is 4.50. The second-order valence-electron chi connectivity index (χ2n) is 3.24. The largest absolute Gasteiger partial charge is 0.467 e. The van der Waals surface area contributed by atoms with Gasteiger partial charge in [0, 0.05) is 12.8 Å². The highest BCUT2D eigenvalue weighted by atomic mass is 80.0. The third-order valence-electron chi connectivity index (χ3n) is 1.61. The minimum absolute atomic E-state index is 0.295. The molecule has 0 aliphatic heterocycles. The summed E-state index contributed by atoms with van der Waals surface area (Å²) in [5, 5.41) is 0. The molecule has 0 bridgehead atoms. The summed E-state index contributed by atoms with van der Waals surface area (Å²) in [5.74, 6) is 1.22. The van der Waals surface area contributed by atoms with Crippen LogP contribution in [0, 0.1) is 0 Å². The average molecular weight is 641 g/mol. The molecule has 4 nitrogen and oxygen atoms in total. The topological polar surface area (TPSA) is 47.9 Å². The fraction of sp³-hybridized carbons (Fsp3) is 0.625. The molecule has 0 fully saturated rings. The highest BCUT2D eigenvalue weighted by Crippen LogP contribution is 2.38. The smallest absolute Gasteiger partial charge is 0.319 e. The summed E-state index contributed by atoms with van der Waals surface area (Å²) in [6, 6.07) is 0.295. The van der Waals surface area contributed by atoms with Crippen LogP contribution in [0.3, 0.4) is 0 Å². The second-order valence-corrected chi connectivity index (χ2v) is 17.7. The Morgan fingerprint density at radius 1 is 0.833 bits per heavy atom. The van der Waals surface area contributed by atoms with Crippen LogP contribution in [0.2, 0.25) is 0 Å². The third kappa shape index (κ3) is 7.47. The van der Waals surface area contributed by atoms with Crippen molar-refractivity contribution in [2.45, 2.75) is 17.1 Å². The molecule has 1 heterocycles. The summed E-state index contributed by atoms with van der Waals surface area (Å²) < 4.78 is 4.19. The predicted molar refractivity (Wildman–Crippen MR) is 92.8 cm³/mol. The van der Waals surface area contributed by atoms with Gasteiger partial charge in [-0.25, -0.2) is 4.98 Å². The summed E-state index contributed by atoms with van der Waals surface area (Å²) in [7, 11) is 1.52. The minimum atomic E-state index is -0.440. The summed E-state index contributed by atoms with van der Waals surface area (Å²) in [4.78, 5) is 12.7. The molecule has 0 spiro atoms. The van der Waals surface area contributed by atoms with Crippen molar-refractivity contribution in [3.05, 3.63) is 11.6 Å². The van der Waals surface area contributed by atoms with Crippen LogP contribution in [-0.4, -0.2) is 26.3 Å². The van der Waals surface area contributed by atoms with Crippen LogP contribution < -0.4 is 4.74 Å². The van der Waals surface area contributed by atoms with E-state index in [1.54, 1.807) is 0 Å². The molecule has 1 aromatic heterocycles. The van der Waals surface area contributed by atoms with Crippen LogP contribution in [0.5, 0.6) is 6.01 Å². The van der Waals surface area contributed by atoms with Gasteiger partial charge in [-0.1, -0.05) is 95.6 Å². The van der Waals surface area contributed by atoms with Crippen LogP contribution in [0.25, 0.3) is 0 Å². The number of rotatable bonds is 3. The number of hydrogen-bond acceptors (Lipinski definition) is 4. The fourth-order valence-corrected chi connectivity index (χ4v) is 2.56. The standard InChI is InChI=1S/C8H7Br6N3O/c1-18-6-16-4(2-7(9,10)11)15-5(17-6)3-8(12,13)14/h2-3H2,1H3. The zero-order valence-electron chi connectivity index (χ0n) is 8.93. The van der Waals surface area contributed by atoms with Gasteiger partial charge in [0.1, 0.15) is 15.9 Å². The van der Waals surface area contributed by atoms with Crippen molar-refractivity contribution in [1.82, 2.24) is 15.0 Å². The fourth-order valence-electron chi connectivity index (χ4n) is 1.05. The molecule has 1 rings (SSSR count). The molecule has 102 valence electrons. The molecule has 0 radical (unpaired) electrons. The molecular formula is C8H7Br6N3O. The Kier molecular flexibility index (Phi) is 7.00. The van der Waals surface area contributed by atoms with E-state index in [0.717, 1.165) is 0 Å². The Morgan fingerprint density at radius 2 is 1.22 bits per heavy atom. The molecule has 0 aliphatic rings. The van der Waals surface area contributed by atoms with E-state index in [4.69, 9.17) is 4.74 Å². The van der Waals surface area contributed by atoms with Crippen molar-refractivity contribution in [3.8, 4) is 6.01 Å². The SMILES string of the molecule is COc1nc(CC(Br)(Br)Br)nc(CC(Br)(Br)Br)n1. The summed E-state index contributed by atoms with van der Waals surface area (Å²) >= 11 is 20.5. The first kappa shape index (κ1) is 17.7. The number of hydrogen-bond donors (Lipinski definition) is 0. The maximum absolute atomic E-state index is 5.07. The summed E-state index contributed by atoms with van der Waals surface area (Å²) in [6.45, 7) is 0. The number of aromatic nitrogens is 3. The second kappa shape index (κ2) is 7.11. The van der Waals surface area contributed by atoms with Gasteiger partial charge in [0.2, 0.25) is 0 Å². The molecule has 0 atom stereocenters. The number of nitrogens with zero attached hydrogens (tertiary/aromatic N) is 3. The van der Waals surface area contributed by atoms with E-state index in [1.165, 1.54) is 7.11 Å². The number of alkyl halides is 6. The lowest BCUT2D eigenvalue weighted by molar-refractivity contribution is 0.373. The van der Waals surface area contributed by atoms with Crippen LogP contribution in [0.15, 0.2) is 0 Å². The minimum Gasteiger partial charge on any atom is -0.467 e. The number of halogens is 6. The average Bonchev–Trinajstić information content (AvgIpc) is 2.11. The van der Waals surface area contributed by atoms with E-state index in [1.807, 2.05) is 0 Å². The van der Waals surface area contributed by atoms with Crippen LogP contribution in [-0.2, 0) is 12.8 Å². The predicted octanol–water partition coefficient (Wildman–Crippen LogP) is 4.64. The van der Waals surface area contributed by atoms with Gasteiger partial charge in [-0.2, -0.15) is 9.97 Å². The van der Waals surface area contributed by atoms with Crippen molar-refractivity contribution in [3.63, 3.8) is 0 Å². The zero-order chi connectivity index (χ0) is 14.0. The molecular weight excluding hydrogens is 634 g/mol. The van der Waals surface area contributed by atoms with Crippen LogP contribution in [0.1, 0.15) is 11.6 Å². The molecule has 1 aromatic rings. The number of methoxy groups -OCH3 is 1. The molecule has 0 saturated carbocycles. The summed E-state index contributed by atoms with van der Waals surface area (Å²) in [5.41, 5.74) is 0. The van der Waals surface area contributed by atoms with E-state index < -0.39 is 4.29 Å². The third-order valence-corrected chi connectivity index (χ3v) is 3.29. The Bertz CT molecular complexity index is 382. The molecule has 0 unspecified atom stereocenters. The highest BCUT2D eigenvalue weighted by Gasteiger charge is 2.24. The molecule has 10 heteroatoms. The lowest BCUT2D eigenvalue weighted by Crippen LogP contribution is -2.15. The normalized spacial score (nSPS) is 12.6. The molecule has 0 saturated heterocycles. The van der Waals surface area contributed by atoms with Gasteiger partial charge in [0.05, 0.1) is 7.11 Å². The molecule has 0 aliphatic carbocycles. The van der Waals surface area contributed by atoms with Gasteiger partial charge >= 0.3 is 6.01 Å². The molecule has 18 heavy (non-hydrogen) atoms.